The Bertz CT molecular complexity index is 1430. The van der Waals surface area contributed by atoms with E-state index in [0.717, 1.165) is 51.8 Å². The highest BCUT2D eigenvalue weighted by molar-refractivity contribution is 9.10. The van der Waals surface area contributed by atoms with E-state index in [1.807, 2.05) is 45.0 Å². The van der Waals surface area contributed by atoms with E-state index in [-0.39, 0.29) is 24.2 Å². The van der Waals surface area contributed by atoms with Crippen molar-refractivity contribution >= 4 is 38.7 Å². The molecule has 1 N–H and O–H groups in total. The average Bonchev–Trinajstić information content (AvgIpc) is 3.54. The number of ether oxygens (including phenoxy) is 2. The minimum atomic E-state index is -0.348. The second-order valence-electron chi connectivity index (χ2n) is 8.93. The molecule has 0 bridgehead atoms. The van der Waals surface area contributed by atoms with Crippen LogP contribution in [0.3, 0.4) is 0 Å². The van der Waals surface area contributed by atoms with Crippen molar-refractivity contribution in [1.82, 2.24) is 9.24 Å². The van der Waals surface area contributed by atoms with Crippen LogP contribution >= 0.6 is 15.9 Å². The number of furan rings is 1. The number of fused-ring (bicyclic) bond motifs is 1. The minimum absolute atomic E-state index is 0.114. The van der Waals surface area contributed by atoms with Gasteiger partial charge >= 0.3 is 11.9 Å². The van der Waals surface area contributed by atoms with E-state index in [1.54, 1.807) is 23.7 Å². The molecule has 8 nitrogen and oxygen atoms in total. The number of nitrogens with zero attached hydrogens (tertiary/aromatic N) is 2. The molecule has 0 saturated carbocycles. The van der Waals surface area contributed by atoms with Crippen molar-refractivity contribution in [1.29, 1.82) is 0 Å². The molecule has 3 heterocycles. The first-order valence-corrected chi connectivity index (χ1v) is 13.2. The molecule has 9 heteroatoms. The molecule has 0 aliphatic rings. The van der Waals surface area contributed by atoms with Gasteiger partial charge in [-0.1, -0.05) is 13.3 Å². The number of amides is 1. The Morgan fingerprint density at radius 3 is 2.46 bits per heavy atom. The van der Waals surface area contributed by atoms with Crippen molar-refractivity contribution in [3.8, 4) is 5.75 Å². The number of halogens is 1. The number of hydrogen-bond donors (Lipinski definition) is 1. The fraction of sp³-hybridized carbons (Fsp3) is 0.357. The highest BCUT2D eigenvalue weighted by Crippen LogP contribution is 2.36. The maximum absolute atomic E-state index is 12.8. The van der Waals surface area contributed by atoms with Crippen LogP contribution in [0.5, 0.6) is 5.75 Å². The molecule has 196 valence electrons. The van der Waals surface area contributed by atoms with Crippen molar-refractivity contribution < 1.29 is 23.5 Å². The summed E-state index contributed by atoms with van der Waals surface area (Å²) < 4.78 is 21.8. The number of nitrogens with one attached hydrogen (secondary N) is 1. The molecule has 0 atom stereocenters. The van der Waals surface area contributed by atoms with Crippen LogP contribution in [-0.4, -0.2) is 27.7 Å². The molecule has 0 spiro atoms. The third-order valence-corrected chi connectivity index (χ3v) is 6.95. The topological polar surface area (TPSA) is 87.6 Å². The first kappa shape index (κ1) is 26.6. The van der Waals surface area contributed by atoms with Gasteiger partial charge in [0.05, 0.1) is 22.2 Å². The first-order chi connectivity index (χ1) is 17.7. The summed E-state index contributed by atoms with van der Waals surface area (Å²) in [4.78, 5) is 25.5. The Kier molecular flexibility index (Phi) is 8.12. The lowest BCUT2D eigenvalue weighted by Gasteiger charge is -2.10. The largest absolute Gasteiger partial charge is 0.484 e. The minimum Gasteiger partial charge on any atom is -0.484 e. The number of esters is 1. The van der Waals surface area contributed by atoms with Crippen LogP contribution in [0.2, 0.25) is 0 Å². The van der Waals surface area contributed by atoms with Gasteiger partial charge in [-0.2, -0.15) is 0 Å². The first-order valence-electron chi connectivity index (χ1n) is 12.4. The van der Waals surface area contributed by atoms with Crippen molar-refractivity contribution in [2.45, 2.75) is 60.6 Å². The molecular weight excluding hydrogens is 538 g/mol. The van der Waals surface area contributed by atoms with E-state index in [1.165, 1.54) is 0 Å². The SMILES string of the molecule is CCCCn1c(C)c(C(=O)OCC)c2cc(OCc3ccc(C(=O)Nn4c(C)ccc4C)o3)c(Br)cc21. The van der Waals surface area contributed by atoms with Gasteiger partial charge in [0.15, 0.2) is 5.76 Å². The van der Waals surface area contributed by atoms with Crippen molar-refractivity contribution in [2.75, 3.05) is 12.0 Å². The van der Waals surface area contributed by atoms with E-state index in [2.05, 4.69) is 32.8 Å². The molecule has 0 aliphatic carbocycles. The van der Waals surface area contributed by atoms with Gasteiger partial charge in [0.2, 0.25) is 0 Å². The summed E-state index contributed by atoms with van der Waals surface area (Å²) in [6, 6.07) is 11.0. The van der Waals surface area contributed by atoms with Crippen molar-refractivity contribution in [3.05, 3.63) is 75.0 Å². The third kappa shape index (κ3) is 5.46. The zero-order valence-electron chi connectivity index (χ0n) is 21.8. The summed E-state index contributed by atoms with van der Waals surface area (Å²) in [5.74, 6) is 0.559. The number of carbonyl (C=O) groups is 2. The molecule has 0 saturated heterocycles. The van der Waals surface area contributed by atoms with Gasteiger partial charge in [-0.3, -0.25) is 14.9 Å². The van der Waals surface area contributed by atoms with Crippen LogP contribution < -0.4 is 10.2 Å². The molecule has 1 aromatic carbocycles. The van der Waals surface area contributed by atoms with Crippen LogP contribution in [0.4, 0.5) is 0 Å². The predicted octanol–water partition coefficient (Wildman–Crippen LogP) is 6.66. The van der Waals surface area contributed by atoms with Crippen LogP contribution in [0.15, 0.2) is 45.3 Å². The van der Waals surface area contributed by atoms with E-state index < -0.39 is 0 Å². The number of rotatable bonds is 10. The van der Waals surface area contributed by atoms with Crippen LogP contribution in [0.25, 0.3) is 10.9 Å². The lowest BCUT2D eigenvalue weighted by atomic mass is 10.1. The van der Waals surface area contributed by atoms with Gasteiger partial charge in [-0.25, -0.2) is 4.79 Å². The summed E-state index contributed by atoms with van der Waals surface area (Å²) in [7, 11) is 0. The predicted molar refractivity (Wildman–Crippen MR) is 146 cm³/mol. The normalized spacial score (nSPS) is 11.2. The second kappa shape index (κ2) is 11.3. The Morgan fingerprint density at radius 2 is 1.78 bits per heavy atom. The zero-order valence-corrected chi connectivity index (χ0v) is 23.4. The standard InChI is InChI=1S/C28H32BrN3O5/c1-6-8-13-31-19(5)26(28(34)35-7-2)21-14-25(22(29)15-23(21)31)36-16-20-11-12-24(37-20)27(33)30-32-17(3)9-10-18(32)4/h9-12,14-15H,6-8,13,16H2,1-5H3,(H,30,33). The lowest BCUT2D eigenvalue weighted by Crippen LogP contribution is -2.24. The Labute approximate surface area is 224 Å². The molecule has 0 unspecified atom stereocenters. The second-order valence-corrected chi connectivity index (χ2v) is 9.79. The number of unbranched alkanes of at least 4 members (excludes halogenated alkanes) is 1. The van der Waals surface area contributed by atoms with Gasteiger partial charge in [0.1, 0.15) is 18.1 Å². The Hall–Kier alpha value is -3.46. The third-order valence-electron chi connectivity index (χ3n) is 6.33. The molecule has 1 amide bonds. The van der Waals surface area contributed by atoms with Crippen molar-refractivity contribution in [3.63, 3.8) is 0 Å². The molecule has 0 radical (unpaired) electrons. The molecule has 3 aromatic heterocycles. The highest BCUT2D eigenvalue weighted by Gasteiger charge is 2.23. The molecule has 0 aliphatic heterocycles. The number of aromatic nitrogens is 2. The number of aryl methyl sites for hydroxylation is 3. The quantitative estimate of drug-likeness (QED) is 0.216. The maximum atomic E-state index is 12.8. The van der Waals surface area contributed by atoms with Crippen LogP contribution in [-0.2, 0) is 17.9 Å². The van der Waals surface area contributed by atoms with E-state index in [0.29, 0.717) is 23.7 Å². The van der Waals surface area contributed by atoms with Gasteiger partial charge in [-0.05, 0) is 86.4 Å². The Balaban J connectivity index is 1.56. The maximum Gasteiger partial charge on any atom is 0.340 e. The number of carbonyl (C=O) groups excluding carboxylic acids is 2. The van der Waals surface area contributed by atoms with E-state index in [9.17, 15) is 9.59 Å². The molecule has 37 heavy (non-hydrogen) atoms. The molecular formula is C28H32BrN3O5. The fourth-order valence-electron chi connectivity index (χ4n) is 4.38. The summed E-state index contributed by atoms with van der Waals surface area (Å²) in [6.45, 7) is 10.9. The Morgan fingerprint density at radius 1 is 1.05 bits per heavy atom. The van der Waals surface area contributed by atoms with Crippen molar-refractivity contribution in [2.24, 2.45) is 0 Å². The lowest BCUT2D eigenvalue weighted by molar-refractivity contribution is 0.0527. The smallest absolute Gasteiger partial charge is 0.340 e. The van der Waals surface area contributed by atoms with E-state index >= 15 is 0 Å². The molecule has 4 aromatic rings. The van der Waals surface area contributed by atoms with Gasteiger partial charge in [0, 0.05) is 29.0 Å². The molecule has 0 fully saturated rings. The highest BCUT2D eigenvalue weighted by atomic mass is 79.9. The number of benzene rings is 1. The average molecular weight is 570 g/mol. The van der Waals surface area contributed by atoms with Crippen LogP contribution in [0.1, 0.15) is 70.4 Å². The van der Waals surface area contributed by atoms with E-state index in [4.69, 9.17) is 13.9 Å². The fourth-order valence-corrected chi connectivity index (χ4v) is 4.83. The summed E-state index contributed by atoms with van der Waals surface area (Å²) >= 11 is 3.62. The monoisotopic (exact) mass is 569 g/mol. The summed E-state index contributed by atoms with van der Waals surface area (Å²) in [5.41, 5.74) is 7.04. The van der Waals surface area contributed by atoms with Gasteiger partial charge in [-0.15, -0.1) is 0 Å². The van der Waals surface area contributed by atoms with Gasteiger partial charge < -0.3 is 18.5 Å². The summed E-state index contributed by atoms with van der Waals surface area (Å²) in [6.07, 6.45) is 2.05. The zero-order chi connectivity index (χ0) is 26.7. The number of hydrogen-bond acceptors (Lipinski definition) is 5. The summed E-state index contributed by atoms with van der Waals surface area (Å²) in [5, 5.41) is 0.780. The van der Waals surface area contributed by atoms with Gasteiger partial charge in [0.25, 0.3) is 0 Å². The molecule has 4 rings (SSSR count). The van der Waals surface area contributed by atoms with Crippen LogP contribution in [0, 0.1) is 20.8 Å².